The first-order valence-corrected chi connectivity index (χ1v) is 3.86. The van der Waals surface area contributed by atoms with Crippen LogP contribution in [0.4, 0.5) is 5.69 Å². The molecule has 0 radical (unpaired) electrons. The van der Waals surface area contributed by atoms with E-state index in [0.717, 1.165) is 15.0 Å². The predicted octanol–water partition coefficient (Wildman–Crippen LogP) is 2.22. The fourth-order valence-corrected chi connectivity index (χ4v) is 1.26. The Morgan fingerprint density at radius 3 is 3.30 bits per heavy atom. The third-order valence-electron chi connectivity index (χ3n) is 1.24. The molecule has 2 nitrogen and oxygen atoms in total. The van der Waals surface area contributed by atoms with Crippen molar-refractivity contribution in [1.29, 1.82) is 0 Å². The molecule has 0 unspecified atom stereocenters. The van der Waals surface area contributed by atoms with Crippen molar-refractivity contribution in [1.82, 2.24) is 0 Å². The molecule has 0 spiro atoms. The third-order valence-corrected chi connectivity index (χ3v) is 1.91. The largest absolute Gasteiger partial charge is 0.370 e. The molecule has 0 saturated carbocycles. The maximum absolute atomic E-state index is 4.93. The molecule has 0 atom stereocenters. The summed E-state index contributed by atoms with van der Waals surface area (Å²) in [6, 6.07) is 5.82. The molecule has 1 aliphatic rings. The van der Waals surface area contributed by atoms with Crippen LogP contribution < -0.4 is 4.74 Å². The Morgan fingerprint density at radius 2 is 2.40 bits per heavy atom. The zero-order chi connectivity index (χ0) is 6.97. The molecule has 10 heavy (non-hydrogen) atoms. The number of fused-ring (bicyclic) bond motifs is 1. The van der Waals surface area contributed by atoms with E-state index in [0.29, 0.717) is 0 Å². The Hall–Kier alpha value is -0.670. The second-order valence-corrected chi connectivity index (χ2v) is 3.16. The van der Waals surface area contributed by atoms with Crippen LogP contribution in [-0.2, 0) is 0 Å². The molecule has 0 aromatic heterocycles. The van der Waals surface area contributed by atoms with Gasteiger partial charge in [-0.1, -0.05) is 0 Å². The molecule has 1 aliphatic heterocycles. The number of ether oxygens (including phenoxy) is 1. The summed E-state index contributed by atoms with van der Waals surface area (Å²) in [5.41, 5.74) is 0.868. The number of rotatable bonds is 0. The molecule has 0 bridgehead atoms. The average molecular weight is 244 g/mol. The van der Waals surface area contributed by atoms with E-state index in [4.69, 9.17) is 4.74 Å². The molecule has 1 heterocycles. The van der Waals surface area contributed by atoms with Gasteiger partial charge in [0.1, 0.15) is 0 Å². The second-order valence-electron chi connectivity index (χ2n) is 1.92. The summed E-state index contributed by atoms with van der Waals surface area (Å²) < 4.78 is 6.09. The molecule has 3 heteroatoms. The van der Waals surface area contributed by atoms with Crippen LogP contribution in [0.3, 0.4) is 0 Å². The highest BCUT2D eigenvalue weighted by Gasteiger charge is 2.20. The van der Waals surface area contributed by atoms with Crippen molar-refractivity contribution in [3.8, 4) is 5.75 Å². The maximum atomic E-state index is 4.93. The standard InChI is InChI=1S/C7H3INO/c8-5-1-2-7-6(3-5)9-4-10-7/h1-3H/q+1. The van der Waals surface area contributed by atoms with Crippen LogP contribution in [-0.4, -0.2) is 6.40 Å². The van der Waals surface area contributed by atoms with Gasteiger partial charge in [-0.15, -0.1) is 0 Å². The SMILES string of the molecule is Ic1ccc2c(c1)N=[C+]O2. The topological polar surface area (TPSA) is 21.6 Å². The monoisotopic (exact) mass is 244 g/mol. The van der Waals surface area contributed by atoms with Crippen LogP contribution in [0, 0.1) is 3.57 Å². The number of hydrogen-bond donors (Lipinski definition) is 0. The number of aliphatic imine (C=N–C) groups is 1. The van der Waals surface area contributed by atoms with Gasteiger partial charge in [0, 0.05) is 3.57 Å². The van der Waals surface area contributed by atoms with Gasteiger partial charge in [-0.05, 0) is 33.6 Å². The fraction of sp³-hybridized carbons (Fsp3) is 0. The lowest BCUT2D eigenvalue weighted by atomic mass is 10.3. The van der Waals surface area contributed by atoms with E-state index in [9.17, 15) is 0 Å². The van der Waals surface area contributed by atoms with Crippen molar-refractivity contribution in [3.63, 3.8) is 0 Å². The van der Waals surface area contributed by atoms with Gasteiger partial charge in [-0.2, -0.15) is 0 Å². The van der Waals surface area contributed by atoms with Crippen LogP contribution in [0.25, 0.3) is 0 Å². The van der Waals surface area contributed by atoms with E-state index in [-0.39, 0.29) is 0 Å². The van der Waals surface area contributed by atoms with E-state index >= 15 is 0 Å². The lowest BCUT2D eigenvalue weighted by Gasteiger charge is -1.83. The summed E-state index contributed by atoms with van der Waals surface area (Å²) in [5.74, 6) is 0.792. The summed E-state index contributed by atoms with van der Waals surface area (Å²) >= 11 is 2.23. The molecule has 1 aromatic carbocycles. The zero-order valence-corrected chi connectivity index (χ0v) is 7.12. The highest BCUT2D eigenvalue weighted by atomic mass is 127. The van der Waals surface area contributed by atoms with Crippen molar-refractivity contribution in [2.24, 2.45) is 4.99 Å². The van der Waals surface area contributed by atoms with Crippen LogP contribution in [0.5, 0.6) is 5.75 Å². The fourth-order valence-electron chi connectivity index (χ4n) is 0.785. The number of hydrogen-bond acceptors (Lipinski definition) is 2. The predicted molar refractivity (Wildman–Crippen MR) is 46.9 cm³/mol. The lowest BCUT2D eigenvalue weighted by Crippen LogP contribution is -1.80. The first-order valence-electron chi connectivity index (χ1n) is 2.78. The van der Waals surface area contributed by atoms with Gasteiger partial charge >= 0.3 is 12.2 Å². The first-order chi connectivity index (χ1) is 4.86. The van der Waals surface area contributed by atoms with Crippen molar-refractivity contribution in [2.45, 2.75) is 0 Å². The number of benzene rings is 1. The minimum atomic E-state index is 0.792. The number of nitrogens with zero attached hydrogens (tertiary/aromatic N) is 1. The normalized spacial score (nSPS) is 12.1. The summed E-state index contributed by atoms with van der Waals surface area (Å²) in [5, 5.41) is 0. The Bertz CT molecular complexity index is 296. The first kappa shape index (κ1) is 6.07. The van der Waals surface area contributed by atoms with Gasteiger partial charge in [-0.25, -0.2) is 0 Å². The lowest BCUT2D eigenvalue weighted by molar-refractivity contribution is 0.593. The van der Waals surface area contributed by atoms with Crippen LogP contribution in [0.2, 0.25) is 0 Å². The van der Waals surface area contributed by atoms with Crippen LogP contribution in [0.15, 0.2) is 23.2 Å². The maximum Gasteiger partial charge on any atom is 0.370 e. The summed E-state index contributed by atoms with van der Waals surface area (Å²) in [4.78, 5) is 3.88. The average Bonchev–Trinajstić information content (AvgIpc) is 2.33. The molecule has 48 valence electrons. The number of halogens is 1. The van der Waals surface area contributed by atoms with Crippen molar-refractivity contribution < 1.29 is 4.74 Å². The van der Waals surface area contributed by atoms with Gasteiger partial charge in [-0.3, -0.25) is 4.74 Å². The van der Waals surface area contributed by atoms with E-state index in [1.165, 1.54) is 0 Å². The van der Waals surface area contributed by atoms with Gasteiger partial charge in [0.15, 0.2) is 0 Å². The van der Waals surface area contributed by atoms with Crippen LogP contribution in [0.1, 0.15) is 0 Å². The highest BCUT2D eigenvalue weighted by molar-refractivity contribution is 14.1. The van der Waals surface area contributed by atoms with E-state index in [1.807, 2.05) is 18.2 Å². The van der Waals surface area contributed by atoms with E-state index < -0.39 is 0 Å². The molecule has 0 aliphatic carbocycles. The second kappa shape index (κ2) is 2.18. The van der Waals surface area contributed by atoms with E-state index in [2.05, 4.69) is 34.0 Å². The van der Waals surface area contributed by atoms with Crippen LogP contribution >= 0.6 is 22.6 Å². The van der Waals surface area contributed by atoms with Gasteiger partial charge in [0.05, 0.1) is 12.1 Å². The Kier molecular flexibility index (Phi) is 1.32. The van der Waals surface area contributed by atoms with Crippen molar-refractivity contribution >= 4 is 34.7 Å². The zero-order valence-electron chi connectivity index (χ0n) is 4.97. The van der Waals surface area contributed by atoms with Gasteiger partial charge < -0.3 is 0 Å². The molecular formula is C7H3INO+. The smallest absolute Gasteiger partial charge is 0.251 e. The minimum absolute atomic E-state index is 0.792. The summed E-state index contributed by atoms with van der Waals surface area (Å²) in [6.07, 6.45) is 2.44. The molecule has 1 aromatic rings. The van der Waals surface area contributed by atoms with E-state index in [1.54, 1.807) is 0 Å². The van der Waals surface area contributed by atoms with Crippen molar-refractivity contribution in [3.05, 3.63) is 21.8 Å². The molecule has 0 N–H and O–H groups in total. The highest BCUT2D eigenvalue weighted by Crippen LogP contribution is 2.31. The minimum Gasteiger partial charge on any atom is -0.251 e. The Labute approximate surface area is 72.1 Å². The Balaban J connectivity index is 2.60. The van der Waals surface area contributed by atoms with Gasteiger partial charge in [0.2, 0.25) is 0 Å². The Morgan fingerprint density at radius 1 is 1.50 bits per heavy atom. The molecule has 0 saturated heterocycles. The third kappa shape index (κ3) is 0.874. The molecule has 0 amide bonds. The van der Waals surface area contributed by atoms with Crippen molar-refractivity contribution in [2.75, 3.05) is 0 Å². The molecule has 2 rings (SSSR count). The summed E-state index contributed by atoms with van der Waals surface area (Å²) in [6.45, 7) is 0. The molecular weight excluding hydrogens is 241 g/mol. The summed E-state index contributed by atoms with van der Waals surface area (Å²) in [7, 11) is 0. The van der Waals surface area contributed by atoms with Gasteiger partial charge in [0.25, 0.3) is 5.69 Å². The molecule has 0 fully saturated rings. The quantitative estimate of drug-likeness (QED) is 0.506.